The summed E-state index contributed by atoms with van der Waals surface area (Å²) in [7, 11) is -6.65. The van der Waals surface area contributed by atoms with E-state index in [1.165, 1.54) is 0 Å². The number of rotatable bonds is 3. The summed E-state index contributed by atoms with van der Waals surface area (Å²) in [5.74, 6) is 0.0626. The van der Waals surface area contributed by atoms with Crippen molar-refractivity contribution in [2.75, 3.05) is 11.5 Å². The molecule has 0 spiro atoms. The summed E-state index contributed by atoms with van der Waals surface area (Å²) in [5, 5.41) is 6.49. The van der Waals surface area contributed by atoms with Crippen LogP contribution in [0.3, 0.4) is 0 Å². The number of nitrogens with zero attached hydrogens (tertiary/aromatic N) is 1. The highest BCUT2D eigenvalue weighted by molar-refractivity contribution is 7.91. The number of aromatic amines is 1. The SMILES string of the molecule is Cc1n[nH]c(C)c1S(=O)(=O)NC1CCS(=O)(=O)CC1. The van der Waals surface area contributed by atoms with Gasteiger partial charge in [0.2, 0.25) is 10.0 Å². The van der Waals surface area contributed by atoms with Gasteiger partial charge in [0.25, 0.3) is 0 Å². The number of aromatic nitrogens is 2. The molecule has 0 bridgehead atoms. The van der Waals surface area contributed by atoms with Crippen LogP contribution in [0.4, 0.5) is 0 Å². The Balaban J connectivity index is 2.15. The average molecular weight is 307 g/mol. The number of H-pyrrole nitrogens is 1. The lowest BCUT2D eigenvalue weighted by molar-refractivity contribution is 0.505. The van der Waals surface area contributed by atoms with Gasteiger partial charge in [0.05, 0.1) is 22.9 Å². The van der Waals surface area contributed by atoms with Crippen LogP contribution in [0.5, 0.6) is 0 Å². The number of sulfone groups is 1. The third-order valence-electron chi connectivity index (χ3n) is 3.21. The first-order valence-corrected chi connectivity index (χ1v) is 9.26. The molecule has 0 unspecified atom stereocenters. The maximum atomic E-state index is 12.2. The van der Waals surface area contributed by atoms with Gasteiger partial charge in [-0.15, -0.1) is 0 Å². The lowest BCUT2D eigenvalue weighted by atomic mass is 10.2. The lowest BCUT2D eigenvalue weighted by Crippen LogP contribution is -2.41. The zero-order chi connectivity index (χ0) is 14.3. The van der Waals surface area contributed by atoms with E-state index in [1.54, 1.807) is 13.8 Å². The van der Waals surface area contributed by atoms with E-state index in [9.17, 15) is 16.8 Å². The highest BCUT2D eigenvalue weighted by atomic mass is 32.2. The normalized spacial score (nSPS) is 20.5. The summed E-state index contributed by atoms with van der Waals surface area (Å²) in [6.07, 6.45) is 0.634. The molecule has 108 valence electrons. The van der Waals surface area contributed by atoms with E-state index in [2.05, 4.69) is 14.9 Å². The molecule has 0 aromatic carbocycles. The van der Waals surface area contributed by atoms with Crippen molar-refractivity contribution in [3.8, 4) is 0 Å². The standard InChI is InChI=1S/C10H17N3O4S2/c1-7-10(8(2)12-11-7)19(16,17)13-9-3-5-18(14,15)6-4-9/h9,13H,3-6H2,1-2H3,(H,11,12). The van der Waals surface area contributed by atoms with Crippen molar-refractivity contribution in [1.29, 1.82) is 0 Å². The van der Waals surface area contributed by atoms with Crippen LogP contribution in [0.2, 0.25) is 0 Å². The van der Waals surface area contributed by atoms with Gasteiger partial charge < -0.3 is 0 Å². The van der Waals surface area contributed by atoms with Crippen LogP contribution in [-0.2, 0) is 19.9 Å². The van der Waals surface area contributed by atoms with Crippen molar-refractivity contribution in [3.05, 3.63) is 11.4 Å². The molecule has 9 heteroatoms. The van der Waals surface area contributed by atoms with E-state index in [0.717, 1.165) is 0 Å². The number of aryl methyl sites for hydroxylation is 2. The Hall–Kier alpha value is -0.930. The minimum Gasteiger partial charge on any atom is -0.281 e. The van der Waals surface area contributed by atoms with Crippen LogP contribution in [0.1, 0.15) is 24.2 Å². The number of hydrogen-bond donors (Lipinski definition) is 2. The van der Waals surface area contributed by atoms with Gasteiger partial charge >= 0.3 is 0 Å². The van der Waals surface area contributed by atoms with Crippen LogP contribution in [0, 0.1) is 13.8 Å². The average Bonchev–Trinajstić information content (AvgIpc) is 2.62. The van der Waals surface area contributed by atoms with E-state index in [1.807, 2.05) is 0 Å². The summed E-state index contributed by atoms with van der Waals surface area (Å²) in [4.78, 5) is 0.154. The Labute approximate surface area is 112 Å². The Morgan fingerprint density at radius 1 is 1.26 bits per heavy atom. The largest absolute Gasteiger partial charge is 0.281 e. The van der Waals surface area contributed by atoms with Crippen molar-refractivity contribution in [1.82, 2.24) is 14.9 Å². The first-order valence-electron chi connectivity index (χ1n) is 5.95. The molecule has 1 aliphatic heterocycles. The number of nitrogens with one attached hydrogen (secondary N) is 2. The van der Waals surface area contributed by atoms with Crippen LogP contribution in [-0.4, -0.2) is 44.6 Å². The van der Waals surface area contributed by atoms with Crippen LogP contribution >= 0.6 is 0 Å². The monoisotopic (exact) mass is 307 g/mol. The van der Waals surface area contributed by atoms with E-state index in [0.29, 0.717) is 24.2 Å². The van der Waals surface area contributed by atoms with E-state index in [4.69, 9.17) is 0 Å². The van der Waals surface area contributed by atoms with Gasteiger partial charge in [0.15, 0.2) is 0 Å². The zero-order valence-electron chi connectivity index (χ0n) is 10.8. The summed E-state index contributed by atoms with van der Waals surface area (Å²) in [6, 6.07) is -0.331. The topological polar surface area (TPSA) is 109 Å². The molecule has 2 heterocycles. The first-order chi connectivity index (χ1) is 8.71. The quantitative estimate of drug-likeness (QED) is 0.809. The molecule has 1 saturated heterocycles. The molecule has 1 aromatic heterocycles. The molecule has 0 radical (unpaired) electrons. The van der Waals surface area contributed by atoms with Crippen molar-refractivity contribution in [2.45, 2.75) is 37.6 Å². The molecule has 2 N–H and O–H groups in total. The molecule has 1 aromatic rings. The van der Waals surface area contributed by atoms with Gasteiger partial charge in [-0.2, -0.15) is 5.10 Å². The molecule has 19 heavy (non-hydrogen) atoms. The Morgan fingerprint density at radius 3 is 2.32 bits per heavy atom. The third-order valence-corrected chi connectivity index (χ3v) is 6.70. The predicted molar refractivity (Wildman–Crippen MR) is 70.1 cm³/mol. The summed E-state index contributed by atoms with van der Waals surface area (Å²) in [5.41, 5.74) is 0.891. The second-order valence-corrected chi connectivity index (χ2v) is 8.76. The molecule has 7 nitrogen and oxygen atoms in total. The summed E-state index contributed by atoms with van der Waals surface area (Å²) < 4.78 is 49.7. The Bertz CT molecular complexity index is 642. The fraction of sp³-hybridized carbons (Fsp3) is 0.700. The van der Waals surface area contributed by atoms with Gasteiger partial charge in [-0.3, -0.25) is 5.10 Å². The summed E-state index contributed by atoms with van der Waals surface area (Å²) >= 11 is 0. The smallest absolute Gasteiger partial charge is 0.244 e. The Morgan fingerprint density at radius 2 is 1.84 bits per heavy atom. The molecule has 2 rings (SSSR count). The van der Waals surface area contributed by atoms with E-state index < -0.39 is 19.9 Å². The molecule has 0 amide bonds. The van der Waals surface area contributed by atoms with E-state index >= 15 is 0 Å². The van der Waals surface area contributed by atoms with Crippen molar-refractivity contribution in [2.24, 2.45) is 0 Å². The van der Waals surface area contributed by atoms with Gasteiger partial charge in [0.1, 0.15) is 14.7 Å². The summed E-state index contributed by atoms with van der Waals surface area (Å²) in [6.45, 7) is 3.25. The van der Waals surface area contributed by atoms with Gasteiger partial charge in [-0.1, -0.05) is 0 Å². The van der Waals surface area contributed by atoms with Crippen molar-refractivity contribution >= 4 is 19.9 Å². The highest BCUT2D eigenvalue weighted by Gasteiger charge is 2.29. The fourth-order valence-electron chi connectivity index (χ4n) is 2.22. The predicted octanol–water partition coefficient (Wildman–Crippen LogP) is -0.118. The molecule has 1 fully saturated rings. The first kappa shape index (κ1) is 14.5. The number of sulfonamides is 1. The fourth-order valence-corrected chi connectivity index (χ4v) is 5.39. The van der Waals surface area contributed by atoms with Gasteiger partial charge in [-0.25, -0.2) is 21.6 Å². The third kappa shape index (κ3) is 3.15. The molecule has 0 aliphatic carbocycles. The van der Waals surface area contributed by atoms with Gasteiger partial charge in [0, 0.05) is 6.04 Å². The number of hydrogen-bond acceptors (Lipinski definition) is 5. The molecule has 1 aliphatic rings. The molecule has 0 atom stereocenters. The van der Waals surface area contributed by atoms with Crippen LogP contribution in [0.25, 0.3) is 0 Å². The van der Waals surface area contributed by atoms with Crippen LogP contribution in [0.15, 0.2) is 4.90 Å². The van der Waals surface area contributed by atoms with Gasteiger partial charge in [-0.05, 0) is 26.7 Å². The molecular formula is C10H17N3O4S2. The maximum Gasteiger partial charge on any atom is 0.244 e. The van der Waals surface area contributed by atoms with Crippen LogP contribution < -0.4 is 4.72 Å². The minimum atomic E-state index is -3.65. The second-order valence-electron chi connectivity index (χ2n) is 4.81. The van der Waals surface area contributed by atoms with Crippen molar-refractivity contribution < 1.29 is 16.8 Å². The molecular weight excluding hydrogens is 290 g/mol. The minimum absolute atomic E-state index is 0.0313. The second kappa shape index (κ2) is 4.88. The zero-order valence-corrected chi connectivity index (χ0v) is 12.4. The lowest BCUT2D eigenvalue weighted by Gasteiger charge is -2.22. The van der Waals surface area contributed by atoms with Crippen molar-refractivity contribution in [3.63, 3.8) is 0 Å². The molecule has 0 saturated carbocycles. The van der Waals surface area contributed by atoms with E-state index in [-0.39, 0.29) is 22.4 Å². The maximum absolute atomic E-state index is 12.2. The highest BCUT2D eigenvalue weighted by Crippen LogP contribution is 2.19. The Kier molecular flexibility index (Phi) is 3.72.